The topological polar surface area (TPSA) is 9.23 Å². The molecule has 1 nitrogen and oxygen atoms in total. The number of hydrogen-bond acceptors (Lipinski definition) is 1. The number of rotatable bonds is 1. The van der Waals surface area contributed by atoms with E-state index in [1.807, 2.05) is 0 Å². The molecule has 0 aromatic heterocycles. The van der Waals surface area contributed by atoms with Gasteiger partial charge in [-0.3, -0.25) is 0 Å². The summed E-state index contributed by atoms with van der Waals surface area (Å²) in [5.41, 5.74) is -0.248. The normalized spacial score (nSPS) is 29.9. The Hall–Kier alpha value is -1.08. The number of benzene rings is 1. The molecule has 0 fully saturated rings. The van der Waals surface area contributed by atoms with Gasteiger partial charge in [0.1, 0.15) is 17.1 Å². The molecule has 3 rings (SSSR count). The zero-order valence-electron chi connectivity index (χ0n) is 8.25. The molecule has 0 aliphatic carbocycles. The van der Waals surface area contributed by atoms with Gasteiger partial charge in [-0.25, -0.2) is 0 Å². The Bertz CT molecular complexity index is 547. The third-order valence-corrected chi connectivity index (χ3v) is 4.05. The van der Waals surface area contributed by atoms with Crippen LogP contribution in [0.4, 0.5) is 19.4 Å². The van der Waals surface area contributed by atoms with Gasteiger partial charge >= 0.3 is 10.2 Å². The van der Waals surface area contributed by atoms with Gasteiger partial charge in [0.05, 0.1) is 0 Å². The maximum atomic E-state index is 12.8. The zero-order chi connectivity index (χ0) is 12.5. The van der Waals surface area contributed by atoms with Gasteiger partial charge in [0, 0.05) is 5.56 Å². The van der Waals surface area contributed by atoms with Crippen molar-refractivity contribution < 1.29 is 24.2 Å². The van der Waals surface area contributed by atoms with Gasteiger partial charge < -0.3 is 4.74 Å². The number of halogens is 5. The highest BCUT2D eigenvalue weighted by atomic mass is 32.5. The van der Waals surface area contributed by atoms with Gasteiger partial charge in [-0.15, -0.1) is 0 Å². The number of ether oxygens (including phenoxy) is 1. The SMILES string of the molecule is FS(F)(F)(F)(F)c1cccc2c1C1C=CC2O1. The van der Waals surface area contributed by atoms with E-state index in [1.165, 1.54) is 12.1 Å². The summed E-state index contributed by atoms with van der Waals surface area (Å²) in [5, 5.41) is 0. The summed E-state index contributed by atoms with van der Waals surface area (Å²) >= 11 is 0. The molecule has 2 heterocycles. The molecule has 0 saturated carbocycles. The zero-order valence-corrected chi connectivity index (χ0v) is 9.06. The Kier molecular flexibility index (Phi) is 1.54. The van der Waals surface area contributed by atoms with Gasteiger partial charge in [-0.1, -0.05) is 43.7 Å². The van der Waals surface area contributed by atoms with E-state index in [2.05, 4.69) is 0 Å². The molecule has 0 amide bonds. The van der Waals surface area contributed by atoms with Crippen LogP contribution in [0.25, 0.3) is 0 Å². The summed E-state index contributed by atoms with van der Waals surface area (Å²) in [7, 11) is -9.65. The highest BCUT2D eigenvalue weighted by Crippen LogP contribution is 3.02. The average Bonchev–Trinajstić information content (AvgIpc) is 2.73. The maximum absolute atomic E-state index is 12.8. The van der Waals surface area contributed by atoms with Crippen LogP contribution < -0.4 is 0 Å². The van der Waals surface area contributed by atoms with Gasteiger partial charge in [-0.2, -0.15) is 0 Å². The van der Waals surface area contributed by atoms with Gasteiger partial charge in [0.15, 0.2) is 0 Å². The predicted octanol–water partition coefficient (Wildman–Crippen LogP) is 5.03. The molecule has 2 atom stereocenters. The Labute approximate surface area is 93.6 Å². The smallest absolute Gasteiger partial charge is 0.310 e. The first kappa shape index (κ1) is 11.0. The molecule has 2 unspecified atom stereocenters. The molecular formula is C10H7F5OS. The molecule has 2 bridgehead atoms. The summed E-state index contributed by atoms with van der Waals surface area (Å²) in [6, 6.07) is 2.80. The Balaban J connectivity index is 2.32. The Morgan fingerprint density at radius 3 is 2.24 bits per heavy atom. The lowest BCUT2D eigenvalue weighted by molar-refractivity contribution is 0.0866. The molecule has 1 aromatic rings. The van der Waals surface area contributed by atoms with Crippen LogP contribution in [-0.4, -0.2) is 0 Å². The lowest BCUT2D eigenvalue weighted by atomic mass is 9.97. The van der Waals surface area contributed by atoms with E-state index in [4.69, 9.17) is 4.74 Å². The van der Waals surface area contributed by atoms with E-state index in [1.54, 1.807) is 6.08 Å². The highest BCUT2D eigenvalue weighted by molar-refractivity contribution is 8.45. The van der Waals surface area contributed by atoms with Crippen molar-refractivity contribution in [3.05, 3.63) is 41.5 Å². The molecule has 0 spiro atoms. The van der Waals surface area contributed by atoms with E-state index in [9.17, 15) is 19.4 Å². The fourth-order valence-corrected chi connectivity index (χ4v) is 3.23. The molecule has 1 aromatic carbocycles. The standard InChI is InChI=1S/C10H7F5OS/c11-17(12,13,14,15)9-3-1-2-6-7-4-5-8(16-7)10(6)9/h1-5,7-8H. The highest BCUT2D eigenvalue weighted by Gasteiger charge is 2.67. The quantitative estimate of drug-likeness (QED) is 0.514. The summed E-state index contributed by atoms with van der Waals surface area (Å²) < 4.78 is 69.4. The largest absolute Gasteiger partial charge is 0.357 e. The van der Waals surface area contributed by atoms with Gasteiger partial charge in [-0.05, 0) is 11.6 Å². The molecular weight excluding hydrogens is 263 g/mol. The first-order valence-corrected chi connectivity index (χ1v) is 6.72. The number of hydrogen-bond donors (Lipinski definition) is 0. The van der Waals surface area contributed by atoms with Crippen LogP contribution in [0.5, 0.6) is 0 Å². The van der Waals surface area contributed by atoms with Crippen molar-refractivity contribution in [2.45, 2.75) is 17.1 Å². The molecule has 0 radical (unpaired) electrons. The van der Waals surface area contributed by atoms with E-state index >= 15 is 0 Å². The molecule has 2 aliphatic heterocycles. The lowest BCUT2D eigenvalue weighted by Gasteiger charge is -2.42. The van der Waals surface area contributed by atoms with E-state index in [0.717, 1.165) is 6.07 Å². The van der Waals surface area contributed by atoms with Crippen LogP contribution in [0.1, 0.15) is 23.3 Å². The average molecular weight is 270 g/mol. The third-order valence-electron chi connectivity index (χ3n) is 2.86. The summed E-state index contributed by atoms with van der Waals surface area (Å²) in [4.78, 5) is -1.82. The van der Waals surface area contributed by atoms with E-state index in [-0.39, 0.29) is 5.56 Å². The van der Waals surface area contributed by atoms with Gasteiger partial charge in [0.25, 0.3) is 0 Å². The molecule has 0 N–H and O–H groups in total. The first-order chi connectivity index (χ1) is 7.56. The van der Waals surface area contributed by atoms with Crippen molar-refractivity contribution in [2.24, 2.45) is 0 Å². The van der Waals surface area contributed by atoms with Crippen LogP contribution >= 0.6 is 10.2 Å². The van der Waals surface area contributed by atoms with Crippen LogP contribution in [0, 0.1) is 0 Å². The minimum atomic E-state index is -9.65. The molecule has 94 valence electrons. The first-order valence-electron chi connectivity index (χ1n) is 4.77. The van der Waals surface area contributed by atoms with Crippen LogP contribution in [-0.2, 0) is 4.74 Å². The second kappa shape index (κ2) is 2.37. The van der Waals surface area contributed by atoms with Crippen molar-refractivity contribution in [1.29, 1.82) is 0 Å². The van der Waals surface area contributed by atoms with Crippen LogP contribution in [0.15, 0.2) is 35.2 Å². The molecule has 7 heteroatoms. The van der Waals surface area contributed by atoms with Gasteiger partial charge in [0.2, 0.25) is 0 Å². The molecule has 17 heavy (non-hydrogen) atoms. The monoisotopic (exact) mass is 270 g/mol. The minimum Gasteiger partial charge on any atom is -0.357 e. The van der Waals surface area contributed by atoms with Crippen LogP contribution in [0.3, 0.4) is 0 Å². The van der Waals surface area contributed by atoms with Crippen molar-refractivity contribution in [2.75, 3.05) is 0 Å². The fraction of sp³-hybridized carbons (Fsp3) is 0.200. The lowest BCUT2D eigenvalue weighted by Crippen LogP contribution is -2.11. The molecule has 2 aliphatic rings. The van der Waals surface area contributed by atoms with Crippen LogP contribution in [0.2, 0.25) is 0 Å². The van der Waals surface area contributed by atoms with Crippen molar-refractivity contribution in [3.63, 3.8) is 0 Å². The second-order valence-electron chi connectivity index (χ2n) is 4.09. The fourth-order valence-electron chi connectivity index (χ4n) is 2.24. The minimum absolute atomic E-state index is 0.184. The summed E-state index contributed by atoms with van der Waals surface area (Å²) in [6.45, 7) is 0. The Morgan fingerprint density at radius 2 is 1.59 bits per heavy atom. The summed E-state index contributed by atoms with van der Waals surface area (Å²) in [6.07, 6.45) is 1.31. The van der Waals surface area contributed by atoms with Crippen molar-refractivity contribution >= 4 is 10.2 Å². The second-order valence-corrected chi connectivity index (χ2v) is 6.47. The van der Waals surface area contributed by atoms with Crippen molar-refractivity contribution in [3.8, 4) is 0 Å². The van der Waals surface area contributed by atoms with E-state index < -0.39 is 32.9 Å². The molecule has 0 saturated heterocycles. The third kappa shape index (κ3) is 1.56. The van der Waals surface area contributed by atoms with E-state index in [0.29, 0.717) is 6.07 Å². The maximum Gasteiger partial charge on any atom is 0.310 e. The summed E-state index contributed by atoms with van der Waals surface area (Å²) in [5.74, 6) is 0. The Morgan fingerprint density at radius 1 is 0.941 bits per heavy atom. The number of fused-ring (bicyclic) bond motifs is 5. The predicted molar refractivity (Wildman–Crippen MR) is 53.5 cm³/mol. The van der Waals surface area contributed by atoms with Crippen molar-refractivity contribution in [1.82, 2.24) is 0 Å².